The van der Waals surface area contributed by atoms with E-state index in [9.17, 15) is 18.0 Å². The predicted octanol–water partition coefficient (Wildman–Crippen LogP) is 4.22. The van der Waals surface area contributed by atoms with E-state index in [0.29, 0.717) is 9.39 Å². The lowest BCUT2D eigenvalue weighted by Gasteiger charge is -2.10. The van der Waals surface area contributed by atoms with Gasteiger partial charge in [0, 0.05) is 4.88 Å². The number of hydrogen-bond acceptors (Lipinski definition) is 5. The molecule has 0 spiro atoms. The molecule has 0 unspecified atom stereocenters. The highest BCUT2D eigenvalue weighted by atomic mass is 32.1. The van der Waals surface area contributed by atoms with E-state index in [0.717, 1.165) is 23.6 Å². The van der Waals surface area contributed by atoms with Crippen molar-refractivity contribution in [2.75, 3.05) is 6.61 Å². The first-order chi connectivity index (χ1) is 11.8. The van der Waals surface area contributed by atoms with Crippen LogP contribution in [-0.4, -0.2) is 27.2 Å². The van der Waals surface area contributed by atoms with E-state index >= 15 is 0 Å². The number of esters is 1. The fourth-order valence-corrected chi connectivity index (χ4v) is 3.26. The molecule has 0 N–H and O–H groups in total. The molecule has 0 atom stereocenters. The average molecular weight is 369 g/mol. The summed E-state index contributed by atoms with van der Waals surface area (Å²) in [4.78, 5) is 17.9. The van der Waals surface area contributed by atoms with Gasteiger partial charge in [0.25, 0.3) is 0 Å². The van der Waals surface area contributed by atoms with Crippen LogP contribution in [0.3, 0.4) is 0 Å². The number of ether oxygens (including phenoxy) is 1. The fraction of sp³-hybridized carbons (Fsp3) is 0.312. The van der Waals surface area contributed by atoms with Gasteiger partial charge in [0.1, 0.15) is 5.56 Å². The number of carbonyl (C=O) groups is 1. The second-order valence-electron chi connectivity index (χ2n) is 5.16. The van der Waals surface area contributed by atoms with Crippen LogP contribution in [0.25, 0.3) is 16.2 Å². The predicted molar refractivity (Wildman–Crippen MR) is 86.6 cm³/mol. The minimum Gasteiger partial charge on any atom is -0.462 e. The molecule has 0 saturated carbocycles. The highest BCUT2D eigenvalue weighted by molar-refractivity contribution is 7.15. The molecule has 0 bridgehead atoms. The summed E-state index contributed by atoms with van der Waals surface area (Å²) in [6, 6.07) is 4.52. The van der Waals surface area contributed by atoms with Gasteiger partial charge in [0.2, 0.25) is 0 Å². The third kappa shape index (κ3) is 3.23. The summed E-state index contributed by atoms with van der Waals surface area (Å²) in [5.41, 5.74) is -1.11. The molecule has 0 fully saturated rings. The third-order valence-corrected chi connectivity index (χ3v) is 4.77. The Morgan fingerprint density at radius 3 is 2.68 bits per heavy atom. The summed E-state index contributed by atoms with van der Waals surface area (Å²) in [5.74, 6) is -0.754. The molecule has 0 radical (unpaired) electrons. The number of rotatable bonds is 4. The van der Waals surface area contributed by atoms with Gasteiger partial charge in [-0.1, -0.05) is 6.92 Å². The molecule has 0 aliphatic heterocycles. The first-order valence-corrected chi connectivity index (χ1v) is 8.39. The summed E-state index contributed by atoms with van der Waals surface area (Å²) in [6.45, 7) is 3.68. The largest absolute Gasteiger partial charge is 0.462 e. The Balaban J connectivity index is 2.24. The van der Waals surface area contributed by atoms with Crippen LogP contribution >= 0.6 is 11.3 Å². The first-order valence-electron chi connectivity index (χ1n) is 7.57. The highest BCUT2D eigenvalue weighted by Gasteiger charge is 2.36. The molecule has 25 heavy (non-hydrogen) atoms. The maximum Gasteiger partial charge on any atom is 0.433 e. The Morgan fingerprint density at radius 2 is 2.08 bits per heavy atom. The van der Waals surface area contributed by atoms with Crippen LogP contribution < -0.4 is 0 Å². The van der Waals surface area contributed by atoms with E-state index in [1.54, 1.807) is 13.0 Å². The quantitative estimate of drug-likeness (QED) is 0.646. The number of nitrogens with zero attached hydrogens (tertiary/aromatic N) is 3. The van der Waals surface area contributed by atoms with Crippen LogP contribution in [0, 0.1) is 0 Å². The molecule has 132 valence electrons. The molecule has 0 saturated heterocycles. The standard InChI is InChI=1S/C16H14F3N3O2S/c1-3-9-5-6-12(25-9)11-7-13(16(17,18)19)22-14(21-11)10(8-20-22)15(23)24-4-2/h5-8H,3-4H2,1-2H3. The van der Waals surface area contributed by atoms with Crippen molar-refractivity contribution < 1.29 is 22.7 Å². The molecule has 9 heteroatoms. The van der Waals surface area contributed by atoms with Gasteiger partial charge in [-0.2, -0.15) is 18.3 Å². The summed E-state index contributed by atoms with van der Waals surface area (Å²) in [6.07, 6.45) is -2.82. The lowest BCUT2D eigenvalue weighted by molar-refractivity contribution is -0.142. The van der Waals surface area contributed by atoms with E-state index in [2.05, 4.69) is 10.1 Å². The smallest absolute Gasteiger partial charge is 0.433 e. The summed E-state index contributed by atoms with van der Waals surface area (Å²) in [5, 5.41) is 3.68. The molecular weight excluding hydrogens is 355 g/mol. The number of aryl methyl sites for hydroxylation is 1. The van der Waals surface area contributed by atoms with Gasteiger partial charge in [-0.05, 0) is 31.5 Å². The monoisotopic (exact) mass is 369 g/mol. The van der Waals surface area contributed by atoms with Crippen LogP contribution in [0.2, 0.25) is 0 Å². The van der Waals surface area contributed by atoms with Crippen molar-refractivity contribution in [1.29, 1.82) is 0 Å². The topological polar surface area (TPSA) is 56.5 Å². The molecule has 0 amide bonds. The Morgan fingerprint density at radius 1 is 1.32 bits per heavy atom. The Labute approximate surface area is 145 Å². The zero-order valence-corrected chi connectivity index (χ0v) is 14.2. The Kier molecular flexibility index (Phi) is 4.51. The summed E-state index contributed by atoms with van der Waals surface area (Å²) >= 11 is 1.37. The van der Waals surface area contributed by atoms with Crippen LogP contribution in [-0.2, 0) is 17.3 Å². The number of hydrogen-bond donors (Lipinski definition) is 0. The van der Waals surface area contributed by atoms with Crippen molar-refractivity contribution >= 4 is 23.0 Å². The van der Waals surface area contributed by atoms with Gasteiger partial charge in [-0.15, -0.1) is 11.3 Å². The number of halogens is 3. The second-order valence-corrected chi connectivity index (χ2v) is 6.33. The molecule has 3 aromatic rings. The van der Waals surface area contributed by atoms with Gasteiger partial charge in [-0.25, -0.2) is 14.3 Å². The number of thiophene rings is 1. The maximum atomic E-state index is 13.4. The zero-order valence-electron chi connectivity index (χ0n) is 13.4. The number of alkyl halides is 3. The molecule has 5 nitrogen and oxygen atoms in total. The lowest BCUT2D eigenvalue weighted by atomic mass is 10.2. The fourth-order valence-electron chi connectivity index (χ4n) is 2.35. The van der Waals surface area contributed by atoms with Gasteiger partial charge in [0.15, 0.2) is 11.3 Å². The van der Waals surface area contributed by atoms with Crippen LogP contribution in [0.5, 0.6) is 0 Å². The third-order valence-electron chi connectivity index (χ3n) is 3.52. The van der Waals surface area contributed by atoms with Crippen molar-refractivity contribution in [1.82, 2.24) is 14.6 Å². The van der Waals surface area contributed by atoms with E-state index in [-0.39, 0.29) is 23.5 Å². The normalized spacial score (nSPS) is 11.9. The molecule has 3 rings (SSSR count). The van der Waals surface area contributed by atoms with E-state index in [4.69, 9.17) is 4.74 Å². The summed E-state index contributed by atoms with van der Waals surface area (Å²) in [7, 11) is 0. The van der Waals surface area contributed by atoms with Gasteiger partial charge < -0.3 is 4.74 Å². The van der Waals surface area contributed by atoms with Crippen molar-refractivity contribution in [3.8, 4) is 10.6 Å². The van der Waals surface area contributed by atoms with Crippen molar-refractivity contribution in [3.63, 3.8) is 0 Å². The van der Waals surface area contributed by atoms with Crippen molar-refractivity contribution in [2.24, 2.45) is 0 Å². The minimum absolute atomic E-state index is 0.0959. The molecule has 3 heterocycles. The first kappa shape index (κ1) is 17.4. The lowest BCUT2D eigenvalue weighted by Crippen LogP contribution is -2.14. The highest BCUT2D eigenvalue weighted by Crippen LogP contribution is 2.34. The second kappa shape index (κ2) is 6.47. The van der Waals surface area contributed by atoms with E-state index < -0.39 is 17.8 Å². The van der Waals surface area contributed by atoms with Gasteiger partial charge in [-0.3, -0.25) is 0 Å². The van der Waals surface area contributed by atoms with E-state index in [1.165, 1.54) is 11.3 Å². The van der Waals surface area contributed by atoms with Crippen LogP contribution in [0.4, 0.5) is 13.2 Å². The number of aromatic nitrogens is 3. The number of fused-ring (bicyclic) bond motifs is 1. The molecule has 0 aliphatic carbocycles. The van der Waals surface area contributed by atoms with Crippen LogP contribution in [0.1, 0.15) is 34.8 Å². The van der Waals surface area contributed by atoms with Gasteiger partial charge >= 0.3 is 12.1 Å². The van der Waals surface area contributed by atoms with Gasteiger partial charge in [0.05, 0.1) is 23.4 Å². The zero-order chi connectivity index (χ0) is 18.2. The Bertz CT molecular complexity index is 930. The van der Waals surface area contributed by atoms with Crippen molar-refractivity contribution in [3.05, 3.63) is 40.5 Å². The average Bonchev–Trinajstić information content (AvgIpc) is 3.19. The molecular formula is C16H14F3N3O2S. The summed E-state index contributed by atoms with van der Waals surface area (Å²) < 4.78 is 45.8. The SMILES string of the molecule is CCOC(=O)c1cnn2c(C(F)(F)F)cc(-c3ccc(CC)s3)nc12. The molecule has 0 aliphatic rings. The maximum absolute atomic E-state index is 13.4. The number of carbonyl (C=O) groups excluding carboxylic acids is 1. The molecule has 3 aromatic heterocycles. The molecule has 0 aromatic carbocycles. The van der Waals surface area contributed by atoms with E-state index in [1.807, 2.05) is 13.0 Å². The minimum atomic E-state index is -4.64. The Hall–Kier alpha value is -2.42. The van der Waals surface area contributed by atoms with Crippen molar-refractivity contribution in [2.45, 2.75) is 26.4 Å². The van der Waals surface area contributed by atoms with Crippen LogP contribution in [0.15, 0.2) is 24.4 Å².